The Kier molecular flexibility index (Phi) is 6.27. The first-order chi connectivity index (χ1) is 20.8. The molecule has 1 aliphatic carbocycles. The molecule has 1 aliphatic rings. The zero-order chi connectivity index (χ0) is 29.8. The Balaban J connectivity index is 1.34. The number of nitrogens with zero attached hydrogens (tertiary/aromatic N) is 3. The fourth-order valence-electron chi connectivity index (χ4n) is 5.41. The molecule has 10 heteroatoms. The molecule has 2 amide bonds. The van der Waals surface area contributed by atoms with Crippen LogP contribution < -0.4 is 10.2 Å². The molecule has 43 heavy (non-hydrogen) atoms. The standard InChI is InChI=1S/C33H25F2N5O3/c1-17-3-4-19(32(42)40(21-9-10-21)33-38-24-13-14-37-16-25(24)39-33)15-23(17)22-11-12-26-27(29(22)35)28(31(41)36-2)30(43-26)18-5-7-20(34)8-6-18/h3-8,11-16,21H,9-10H2,1-2H3,(H,36,41)(H,38,39). The SMILES string of the molecule is CNC(=O)c1c(-c2ccc(F)cc2)oc2ccc(-c3cc(C(=O)N(c4nc5ccncc5[nH]4)C4CC4)ccc3C)c(F)c12. The van der Waals surface area contributed by atoms with E-state index >= 15 is 4.39 Å². The molecular weight excluding hydrogens is 552 g/mol. The van der Waals surface area contributed by atoms with Crippen LogP contribution in [0.2, 0.25) is 0 Å². The summed E-state index contributed by atoms with van der Waals surface area (Å²) in [4.78, 5) is 40.5. The van der Waals surface area contributed by atoms with Crippen LogP contribution in [0.4, 0.5) is 14.7 Å². The molecular formula is C33H25F2N5O3. The molecule has 6 aromatic rings. The van der Waals surface area contributed by atoms with Gasteiger partial charge in [0.25, 0.3) is 11.8 Å². The van der Waals surface area contributed by atoms with Crippen molar-refractivity contribution in [1.29, 1.82) is 0 Å². The molecule has 3 aromatic carbocycles. The number of fused-ring (bicyclic) bond motifs is 2. The van der Waals surface area contributed by atoms with Gasteiger partial charge >= 0.3 is 0 Å². The van der Waals surface area contributed by atoms with Gasteiger partial charge in [0.2, 0.25) is 5.95 Å². The predicted octanol–water partition coefficient (Wildman–Crippen LogP) is 6.79. The summed E-state index contributed by atoms with van der Waals surface area (Å²) < 4.78 is 36.0. The third-order valence-electron chi connectivity index (χ3n) is 7.76. The number of rotatable bonds is 6. The molecule has 1 saturated carbocycles. The Hall–Kier alpha value is -5.38. The number of pyridine rings is 1. The molecule has 1 fully saturated rings. The van der Waals surface area contributed by atoms with Crippen LogP contribution in [-0.2, 0) is 0 Å². The minimum absolute atomic E-state index is 0.00259. The summed E-state index contributed by atoms with van der Waals surface area (Å²) in [6, 6.07) is 15.6. The maximum atomic E-state index is 16.5. The van der Waals surface area contributed by atoms with Crippen molar-refractivity contribution in [2.24, 2.45) is 0 Å². The lowest BCUT2D eigenvalue weighted by atomic mass is 9.94. The number of aromatic amines is 1. The van der Waals surface area contributed by atoms with Gasteiger partial charge in [0.05, 0.1) is 28.2 Å². The third-order valence-corrected chi connectivity index (χ3v) is 7.76. The van der Waals surface area contributed by atoms with E-state index in [1.807, 2.05) is 6.92 Å². The van der Waals surface area contributed by atoms with Crippen LogP contribution in [0.25, 0.3) is 44.5 Å². The summed E-state index contributed by atoms with van der Waals surface area (Å²) in [5.41, 5.74) is 3.87. The van der Waals surface area contributed by atoms with E-state index in [-0.39, 0.29) is 39.8 Å². The summed E-state index contributed by atoms with van der Waals surface area (Å²) in [5.74, 6) is -1.34. The summed E-state index contributed by atoms with van der Waals surface area (Å²) in [7, 11) is 1.45. The van der Waals surface area contributed by atoms with Gasteiger partial charge in [-0.25, -0.2) is 13.8 Å². The van der Waals surface area contributed by atoms with Crippen molar-refractivity contribution in [3.63, 3.8) is 0 Å². The third kappa shape index (κ3) is 4.51. The Labute approximate surface area is 244 Å². The number of carbonyl (C=O) groups excluding carboxylic acids is 2. The van der Waals surface area contributed by atoms with Crippen LogP contribution in [0.5, 0.6) is 0 Å². The van der Waals surface area contributed by atoms with Gasteiger partial charge in [-0.15, -0.1) is 0 Å². The highest BCUT2D eigenvalue weighted by atomic mass is 19.1. The first-order valence-electron chi connectivity index (χ1n) is 13.8. The topological polar surface area (TPSA) is 104 Å². The predicted molar refractivity (Wildman–Crippen MR) is 159 cm³/mol. The highest BCUT2D eigenvalue weighted by molar-refractivity contribution is 6.12. The number of benzene rings is 3. The minimum atomic E-state index is -0.662. The molecule has 2 N–H and O–H groups in total. The first kappa shape index (κ1) is 26.5. The van der Waals surface area contributed by atoms with Gasteiger partial charge in [0.15, 0.2) is 0 Å². The number of hydrogen-bond donors (Lipinski definition) is 2. The highest BCUT2D eigenvalue weighted by Gasteiger charge is 2.36. The summed E-state index contributed by atoms with van der Waals surface area (Å²) in [5, 5.41) is 2.56. The van der Waals surface area contributed by atoms with E-state index in [2.05, 4.69) is 20.3 Å². The van der Waals surface area contributed by atoms with Crippen LogP contribution in [0.15, 0.2) is 77.5 Å². The number of nitrogens with one attached hydrogen (secondary N) is 2. The number of H-pyrrole nitrogens is 1. The van der Waals surface area contributed by atoms with Crippen LogP contribution in [-0.4, -0.2) is 39.9 Å². The number of hydrogen-bond acceptors (Lipinski definition) is 5. The van der Waals surface area contributed by atoms with Crippen LogP contribution in [0.1, 0.15) is 39.1 Å². The molecule has 0 saturated heterocycles. The lowest BCUT2D eigenvalue weighted by Gasteiger charge is -2.20. The molecule has 0 unspecified atom stereocenters. The lowest BCUT2D eigenvalue weighted by Crippen LogP contribution is -2.34. The minimum Gasteiger partial charge on any atom is -0.455 e. The maximum absolute atomic E-state index is 16.5. The first-order valence-corrected chi connectivity index (χ1v) is 13.8. The van der Waals surface area contributed by atoms with E-state index in [0.717, 1.165) is 23.9 Å². The fraction of sp³-hybridized carbons (Fsp3) is 0.152. The van der Waals surface area contributed by atoms with Gasteiger partial charge in [-0.1, -0.05) is 6.07 Å². The van der Waals surface area contributed by atoms with Crippen molar-refractivity contribution >= 4 is 39.8 Å². The smallest absolute Gasteiger partial charge is 0.260 e. The van der Waals surface area contributed by atoms with Gasteiger partial charge < -0.3 is 14.7 Å². The Morgan fingerprint density at radius 3 is 2.53 bits per heavy atom. The summed E-state index contributed by atoms with van der Waals surface area (Å²) in [6.07, 6.45) is 5.01. The van der Waals surface area contributed by atoms with E-state index in [1.165, 1.54) is 31.3 Å². The molecule has 8 nitrogen and oxygen atoms in total. The van der Waals surface area contributed by atoms with Crippen molar-refractivity contribution in [2.45, 2.75) is 25.8 Å². The second-order valence-corrected chi connectivity index (χ2v) is 10.6. The lowest BCUT2D eigenvalue weighted by molar-refractivity contribution is 0.0961. The number of halogens is 2. The van der Waals surface area contributed by atoms with Crippen LogP contribution in [0.3, 0.4) is 0 Å². The molecule has 0 atom stereocenters. The zero-order valence-corrected chi connectivity index (χ0v) is 23.2. The van der Waals surface area contributed by atoms with Gasteiger partial charge in [0.1, 0.15) is 23.0 Å². The van der Waals surface area contributed by atoms with Crippen molar-refractivity contribution in [3.05, 3.63) is 101 Å². The molecule has 3 aromatic heterocycles. The number of aryl methyl sites for hydroxylation is 1. The molecule has 0 radical (unpaired) electrons. The Morgan fingerprint density at radius 1 is 1.02 bits per heavy atom. The molecule has 0 spiro atoms. The Morgan fingerprint density at radius 2 is 1.81 bits per heavy atom. The quantitative estimate of drug-likeness (QED) is 0.227. The molecule has 0 aliphatic heterocycles. The molecule has 214 valence electrons. The number of anilines is 1. The second kappa shape index (κ2) is 10.2. The van der Waals surface area contributed by atoms with E-state index in [0.29, 0.717) is 28.2 Å². The number of furan rings is 1. The highest BCUT2D eigenvalue weighted by Crippen LogP contribution is 2.40. The largest absolute Gasteiger partial charge is 0.455 e. The van der Waals surface area contributed by atoms with E-state index in [9.17, 15) is 14.0 Å². The molecule has 3 heterocycles. The van der Waals surface area contributed by atoms with E-state index in [1.54, 1.807) is 53.7 Å². The van der Waals surface area contributed by atoms with Crippen molar-refractivity contribution in [1.82, 2.24) is 20.3 Å². The fourth-order valence-corrected chi connectivity index (χ4v) is 5.41. The van der Waals surface area contributed by atoms with Crippen molar-refractivity contribution < 1.29 is 22.8 Å². The maximum Gasteiger partial charge on any atom is 0.260 e. The van der Waals surface area contributed by atoms with E-state index in [4.69, 9.17) is 4.42 Å². The normalized spacial score (nSPS) is 13.0. The van der Waals surface area contributed by atoms with Crippen LogP contribution >= 0.6 is 0 Å². The Bertz CT molecular complexity index is 2030. The van der Waals surface area contributed by atoms with Gasteiger partial charge in [-0.05, 0) is 85.5 Å². The number of imidazole rings is 1. The number of carbonyl (C=O) groups is 2. The average molecular weight is 578 g/mol. The van der Waals surface area contributed by atoms with Crippen LogP contribution in [0, 0.1) is 18.6 Å². The molecule has 7 rings (SSSR count). The monoisotopic (exact) mass is 577 g/mol. The van der Waals surface area contributed by atoms with Crippen molar-refractivity contribution in [3.8, 4) is 22.5 Å². The zero-order valence-electron chi connectivity index (χ0n) is 23.2. The summed E-state index contributed by atoms with van der Waals surface area (Å²) in [6.45, 7) is 1.83. The number of amides is 2. The van der Waals surface area contributed by atoms with Gasteiger partial charge in [-0.3, -0.25) is 19.5 Å². The second-order valence-electron chi connectivity index (χ2n) is 10.6. The summed E-state index contributed by atoms with van der Waals surface area (Å²) >= 11 is 0. The van der Waals surface area contributed by atoms with E-state index < -0.39 is 17.5 Å². The van der Waals surface area contributed by atoms with Gasteiger partial charge in [0, 0.05) is 36.0 Å². The average Bonchev–Trinajstić information content (AvgIpc) is 3.62. The van der Waals surface area contributed by atoms with Crippen molar-refractivity contribution in [2.75, 3.05) is 11.9 Å². The number of aromatic nitrogens is 3. The molecule has 0 bridgehead atoms. The van der Waals surface area contributed by atoms with Gasteiger partial charge in [-0.2, -0.15) is 0 Å².